The van der Waals surface area contributed by atoms with Crippen molar-refractivity contribution in [2.45, 2.75) is 195 Å². The fourth-order valence-electron chi connectivity index (χ4n) is 9.04. The van der Waals surface area contributed by atoms with Gasteiger partial charge in [-0.15, -0.1) is 6.42 Å². The van der Waals surface area contributed by atoms with Gasteiger partial charge >= 0.3 is 11.9 Å². The second-order valence-corrected chi connectivity index (χ2v) is 20.0. The first kappa shape index (κ1) is 65.8. The summed E-state index contributed by atoms with van der Waals surface area (Å²) in [6, 6.07) is -2.33. The summed E-state index contributed by atoms with van der Waals surface area (Å²) in [5, 5.41) is 114. The zero-order valence-corrected chi connectivity index (χ0v) is 44.0. The maximum absolute atomic E-state index is 13.5. The third-order valence-corrected chi connectivity index (χ3v) is 13.6. The maximum atomic E-state index is 13.5. The van der Waals surface area contributed by atoms with Gasteiger partial charge in [0.2, 0.25) is 5.91 Å². The Bertz CT molecular complexity index is 2020. The molecule has 0 aliphatic carbocycles. The third kappa shape index (κ3) is 22.5. The summed E-state index contributed by atoms with van der Waals surface area (Å²) in [5.74, 6) is -4.87. The van der Waals surface area contributed by atoms with Crippen LogP contribution in [0.2, 0.25) is 0 Å². The quantitative estimate of drug-likeness (QED) is 0.107. The summed E-state index contributed by atoms with van der Waals surface area (Å²) in [6.45, 7) is 6.50. The van der Waals surface area contributed by atoms with Crippen LogP contribution in [0.25, 0.3) is 0 Å². The molecule has 2 fully saturated rings. The first-order valence-corrected chi connectivity index (χ1v) is 26.1. The number of esters is 2. The lowest BCUT2D eigenvalue weighted by atomic mass is 9.82. The first-order chi connectivity index (χ1) is 36.0. The van der Waals surface area contributed by atoms with Crippen molar-refractivity contribution in [3.63, 3.8) is 0 Å². The van der Waals surface area contributed by atoms with Crippen molar-refractivity contribution in [2.75, 3.05) is 13.2 Å². The molecule has 1 amide bonds. The van der Waals surface area contributed by atoms with Gasteiger partial charge in [0, 0.05) is 37.5 Å². The summed E-state index contributed by atoms with van der Waals surface area (Å²) >= 11 is 0. The number of nitrogens with two attached hydrogens (primary N) is 2. The number of fused-ring (bicyclic) bond motifs is 2. The Balaban J connectivity index is 1.98. The molecular formula is C55H85N3O18. The van der Waals surface area contributed by atoms with Crippen molar-refractivity contribution in [3.05, 3.63) is 85.1 Å². The summed E-state index contributed by atoms with van der Waals surface area (Å²) in [6.07, 6.45) is 8.20. The normalized spacial score (nSPS) is 40.8. The number of aliphatic hydroxyl groups excluding tert-OH is 9. The average Bonchev–Trinajstić information content (AvgIpc) is 3.35. The Kier molecular flexibility index (Phi) is 29.2. The lowest BCUT2D eigenvalue weighted by molar-refractivity contribution is -0.309. The smallest absolute Gasteiger partial charge is 0.315 e. The molecule has 2 saturated heterocycles. The highest BCUT2D eigenvalue weighted by Gasteiger charge is 2.52. The molecule has 0 saturated carbocycles. The summed E-state index contributed by atoms with van der Waals surface area (Å²) < 4.78 is 29.0. The molecule has 0 aromatic carbocycles. The summed E-state index contributed by atoms with van der Waals surface area (Å²) in [5.41, 5.74) is 11.6. The predicted molar refractivity (Wildman–Crippen MR) is 279 cm³/mol. The van der Waals surface area contributed by atoms with E-state index in [2.05, 4.69) is 11.2 Å². The van der Waals surface area contributed by atoms with Gasteiger partial charge in [-0.2, -0.15) is 0 Å². The van der Waals surface area contributed by atoms with Gasteiger partial charge in [-0.05, 0) is 52.5 Å². The van der Waals surface area contributed by atoms with Crippen LogP contribution in [-0.4, -0.2) is 186 Å². The largest absolute Gasteiger partial charge is 0.462 e. The number of cyclic esters (lactones) is 1. The minimum Gasteiger partial charge on any atom is -0.462 e. The molecule has 20 atom stereocenters. The van der Waals surface area contributed by atoms with Crippen LogP contribution in [0.1, 0.15) is 91.9 Å². The number of rotatable bonds is 9. The Morgan fingerprint density at radius 2 is 1.37 bits per heavy atom. The van der Waals surface area contributed by atoms with E-state index < -0.39 is 165 Å². The van der Waals surface area contributed by atoms with E-state index in [0.717, 1.165) is 0 Å². The molecule has 0 aromatic rings. The molecule has 0 aromatic heterocycles. The van der Waals surface area contributed by atoms with E-state index in [0.29, 0.717) is 6.42 Å². The van der Waals surface area contributed by atoms with Crippen LogP contribution < -0.4 is 16.8 Å². The van der Waals surface area contributed by atoms with Crippen molar-refractivity contribution < 1.29 is 89.1 Å². The van der Waals surface area contributed by atoms with Gasteiger partial charge in [0.25, 0.3) is 0 Å². The van der Waals surface area contributed by atoms with E-state index in [-0.39, 0.29) is 44.6 Å². The number of nitrogens with one attached hydrogen (secondary N) is 1. The van der Waals surface area contributed by atoms with Crippen LogP contribution >= 0.6 is 0 Å². The molecule has 3 rings (SSSR count). The molecule has 3 aliphatic rings. The van der Waals surface area contributed by atoms with Crippen molar-refractivity contribution in [2.24, 2.45) is 29.2 Å². The lowest BCUT2D eigenvalue weighted by Gasteiger charge is -2.46. The molecular weight excluding hydrogens is 991 g/mol. The SMILES string of the molecule is C#CCOC(=O)[C@H]1[C@@H]2C[C@@H](O[C@@H]3O[C@H](C)[C@@H](O)[C@H](NC(=O)[C@H](N)CCCN)[C@@H]3O)/C=C/C=C/C=C/C=C/C=C/C=C/C=C/[C@H](C)[C@@H](O)[C@@H](C)[C@H](C)OC(=O)C[C@H](O)C[C@H](O)CC[C@@H](O)[C@H](O)C[C@H](O)C[C@](O)(C[C@@H]1O)O2. The zero-order valence-electron chi connectivity index (χ0n) is 44.0. The van der Waals surface area contributed by atoms with E-state index in [1.165, 1.54) is 13.0 Å². The van der Waals surface area contributed by atoms with Crippen LogP contribution in [0.4, 0.5) is 0 Å². The highest BCUT2D eigenvalue weighted by molar-refractivity contribution is 5.81. The zero-order chi connectivity index (χ0) is 56.5. The van der Waals surface area contributed by atoms with E-state index in [4.69, 9.17) is 41.6 Å². The van der Waals surface area contributed by atoms with E-state index in [9.17, 15) is 65.4 Å². The fourth-order valence-corrected chi connectivity index (χ4v) is 9.04. The van der Waals surface area contributed by atoms with Gasteiger partial charge in [-0.3, -0.25) is 14.4 Å². The van der Waals surface area contributed by atoms with Gasteiger partial charge < -0.3 is 91.5 Å². The predicted octanol–water partition coefficient (Wildman–Crippen LogP) is 0.0272. The number of carbonyl (C=O) groups excluding carboxylic acids is 3. The summed E-state index contributed by atoms with van der Waals surface area (Å²) in [7, 11) is 0. The maximum Gasteiger partial charge on any atom is 0.315 e. The Labute approximate surface area is 446 Å². The number of ether oxygens (including phenoxy) is 5. The minimum absolute atomic E-state index is 0.128. The Hall–Kier alpha value is -4.45. The van der Waals surface area contributed by atoms with Gasteiger partial charge in [0.05, 0.1) is 79.5 Å². The Morgan fingerprint density at radius 1 is 0.763 bits per heavy atom. The van der Waals surface area contributed by atoms with E-state index in [1.54, 1.807) is 86.8 Å². The number of amides is 1. The second-order valence-electron chi connectivity index (χ2n) is 20.0. The monoisotopic (exact) mass is 1080 g/mol. The lowest BCUT2D eigenvalue weighted by Crippen LogP contribution is -2.65. The van der Waals surface area contributed by atoms with Crippen LogP contribution in [0.15, 0.2) is 85.1 Å². The number of aliphatic hydroxyl groups is 10. The van der Waals surface area contributed by atoms with E-state index >= 15 is 0 Å². The topological polar surface area (TPSA) is 364 Å². The highest BCUT2D eigenvalue weighted by Crippen LogP contribution is 2.39. The molecule has 15 N–H and O–H groups in total. The number of terminal acetylenes is 1. The highest BCUT2D eigenvalue weighted by atomic mass is 16.7. The summed E-state index contributed by atoms with van der Waals surface area (Å²) in [4.78, 5) is 39.3. The fraction of sp³-hybridized carbons (Fsp3) is 0.655. The molecule has 0 spiro atoms. The molecule has 428 valence electrons. The van der Waals surface area contributed by atoms with Crippen molar-refractivity contribution >= 4 is 17.8 Å². The van der Waals surface area contributed by atoms with Gasteiger partial charge in [0.1, 0.15) is 24.2 Å². The first-order valence-electron chi connectivity index (χ1n) is 26.1. The molecule has 76 heavy (non-hydrogen) atoms. The molecule has 3 heterocycles. The Morgan fingerprint density at radius 3 is 1.97 bits per heavy atom. The molecule has 0 radical (unpaired) electrons. The van der Waals surface area contributed by atoms with Gasteiger partial charge in [-0.1, -0.05) is 105 Å². The average molecular weight is 1080 g/mol. The standard InChI is InChI=1S/C55H85N3O18/c1-6-26-72-53(70)47-44(64)32-55(71)31-39(61)28-43(63)42(62)24-23-37(59)27-38(60)29-46(65)73-35(4)34(3)49(66)33(2)20-17-15-13-11-9-7-8-10-12-14-16-18-21-40(30-45(47)76-55)75-54-51(68)48(50(67)36(5)74-54)58-52(69)41(57)22-19-25-56/h1,7-18,20-21,33-45,47-51,54,59-64,66-68,71H,19,22-32,56-57H2,2-5H3,(H,58,69)/b8-7+,11-9+,12-10+,15-13+,16-14+,20-17+,21-18+/t33-,34-,35-,36+,37+,38+,39-,40-,41+,42+,43+,44-,45-,47+,48-,49+,50+,51-,54-,55+/m0/s1. The van der Waals surface area contributed by atoms with Gasteiger partial charge in [0.15, 0.2) is 18.7 Å². The number of carbonyl (C=O) groups is 3. The second kappa shape index (κ2) is 33.8. The van der Waals surface area contributed by atoms with Gasteiger partial charge in [-0.25, -0.2) is 0 Å². The molecule has 0 unspecified atom stereocenters. The number of hydrogen-bond donors (Lipinski definition) is 13. The van der Waals surface area contributed by atoms with E-state index in [1.807, 2.05) is 13.0 Å². The van der Waals surface area contributed by atoms with Crippen molar-refractivity contribution in [1.29, 1.82) is 0 Å². The van der Waals surface area contributed by atoms with Crippen LogP contribution in [-0.2, 0) is 38.1 Å². The number of hydrogen-bond acceptors (Lipinski definition) is 20. The molecule has 2 bridgehead atoms. The minimum atomic E-state index is -2.37. The van der Waals surface area contributed by atoms with Crippen LogP contribution in [0, 0.1) is 30.1 Å². The van der Waals surface area contributed by atoms with Crippen LogP contribution in [0.5, 0.6) is 0 Å². The van der Waals surface area contributed by atoms with Crippen molar-refractivity contribution in [3.8, 4) is 12.3 Å². The molecule has 3 aliphatic heterocycles. The van der Waals surface area contributed by atoms with Crippen LogP contribution in [0.3, 0.4) is 0 Å². The molecule has 21 nitrogen and oxygen atoms in total. The number of allylic oxidation sites excluding steroid dienone is 12. The van der Waals surface area contributed by atoms with Crippen molar-refractivity contribution in [1.82, 2.24) is 5.32 Å². The third-order valence-electron chi connectivity index (χ3n) is 13.6. The molecule has 21 heteroatoms.